The second kappa shape index (κ2) is 6.40. The number of rotatable bonds is 4. The molecular formula is C15H21ClN2O. The van der Waals surface area contributed by atoms with Crippen LogP contribution in [0.2, 0.25) is 5.02 Å². The number of aldehydes is 1. The monoisotopic (exact) mass is 280 g/mol. The fourth-order valence-electron chi connectivity index (χ4n) is 2.68. The zero-order chi connectivity index (χ0) is 13.8. The van der Waals surface area contributed by atoms with Gasteiger partial charge < -0.3 is 9.80 Å². The van der Waals surface area contributed by atoms with E-state index < -0.39 is 0 Å². The number of piperidine rings is 1. The molecule has 0 saturated carbocycles. The first-order valence-corrected chi connectivity index (χ1v) is 7.12. The standard InChI is InChI=1S/C15H21ClN2O/c1-17-7-5-12(6-8-17)10-18(2)15-9-14(16)4-3-13(15)11-19/h3-4,9,11-12H,5-8,10H2,1-2H3. The molecule has 0 spiro atoms. The predicted octanol–water partition coefficient (Wildman–Crippen LogP) is 2.93. The summed E-state index contributed by atoms with van der Waals surface area (Å²) in [7, 11) is 4.21. The zero-order valence-corrected chi connectivity index (χ0v) is 12.4. The Balaban J connectivity index is 2.05. The SMILES string of the molecule is CN1CCC(CN(C)c2cc(Cl)ccc2C=O)CC1. The van der Waals surface area contributed by atoms with Crippen molar-refractivity contribution in [1.82, 2.24) is 4.90 Å². The van der Waals surface area contributed by atoms with E-state index >= 15 is 0 Å². The summed E-state index contributed by atoms with van der Waals surface area (Å²) in [6.45, 7) is 3.30. The lowest BCUT2D eigenvalue weighted by Gasteiger charge is -2.32. The minimum Gasteiger partial charge on any atom is -0.374 e. The van der Waals surface area contributed by atoms with Gasteiger partial charge in [0, 0.05) is 29.9 Å². The lowest BCUT2D eigenvalue weighted by atomic mass is 9.96. The predicted molar refractivity (Wildman–Crippen MR) is 80.3 cm³/mol. The van der Waals surface area contributed by atoms with Gasteiger partial charge in [-0.25, -0.2) is 0 Å². The summed E-state index contributed by atoms with van der Waals surface area (Å²) in [6.07, 6.45) is 3.34. The maximum absolute atomic E-state index is 11.1. The van der Waals surface area contributed by atoms with E-state index in [1.165, 1.54) is 12.8 Å². The van der Waals surface area contributed by atoms with Crippen LogP contribution >= 0.6 is 11.6 Å². The highest BCUT2D eigenvalue weighted by Gasteiger charge is 2.19. The summed E-state index contributed by atoms with van der Waals surface area (Å²) in [4.78, 5) is 15.6. The van der Waals surface area contributed by atoms with E-state index in [2.05, 4.69) is 16.8 Å². The number of carbonyl (C=O) groups is 1. The summed E-state index contributed by atoms with van der Waals surface area (Å²) in [6, 6.07) is 5.42. The normalized spacial score (nSPS) is 17.4. The maximum Gasteiger partial charge on any atom is 0.152 e. The minimum atomic E-state index is 0.677. The topological polar surface area (TPSA) is 23.6 Å². The first-order chi connectivity index (χ1) is 9.10. The van der Waals surface area contributed by atoms with Crippen LogP contribution in [-0.2, 0) is 0 Å². The van der Waals surface area contributed by atoms with E-state index in [1.807, 2.05) is 13.1 Å². The van der Waals surface area contributed by atoms with Gasteiger partial charge in [0.25, 0.3) is 0 Å². The van der Waals surface area contributed by atoms with Crippen molar-refractivity contribution in [3.63, 3.8) is 0 Å². The average Bonchev–Trinajstić information content (AvgIpc) is 2.41. The van der Waals surface area contributed by atoms with Gasteiger partial charge in [-0.05, 0) is 57.1 Å². The van der Waals surface area contributed by atoms with E-state index in [9.17, 15) is 4.79 Å². The fraction of sp³-hybridized carbons (Fsp3) is 0.533. The van der Waals surface area contributed by atoms with Crippen LogP contribution in [0.3, 0.4) is 0 Å². The van der Waals surface area contributed by atoms with Crippen LogP contribution in [0.25, 0.3) is 0 Å². The first kappa shape index (κ1) is 14.4. The van der Waals surface area contributed by atoms with Crippen LogP contribution < -0.4 is 4.90 Å². The number of halogens is 1. The molecule has 0 radical (unpaired) electrons. The second-order valence-corrected chi connectivity index (χ2v) is 5.88. The second-order valence-electron chi connectivity index (χ2n) is 5.45. The molecule has 2 rings (SSSR count). The van der Waals surface area contributed by atoms with Crippen LogP contribution in [-0.4, -0.2) is 44.9 Å². The molecule has 0 bridgehead atoms. The first-order valence-electron chi connectivity index (χ1n) is 6.74. The Bertz CT molecular complexity index is 442. The molecule has 1 aromatic carbocycles. The molecule has 1 aliphatic heterocycles. The third kappa shape index (κ3) is 3.71. The molecule has 0 atom stereocenters. The van der Waals surface area contributed by atoms with Crippen molar-refractivity contribution in [2.45, 2.75) is 12.8 Å². The quantitative estimate of drug-likeness (QED) is 0.793. The number of nitrogens with zero attached hydrogens (tertiary/aromatic N) is 2. The molecule has 1 aliphatic rings. The summed E-state index contributed by atoms with van der Waals surface area (Å²) >= 11 is 6.03. The van der Waals surface area contributed by atoms with Gasteiger partial charge in [0.2, 0.25) is 0 Å². The van der Waals surface area contributed by atoms with Crippen molar-refractivity contribution in [3.05, 3.63) is 28.8 Å². The molecule has 4 heteroatoms. The summed E-state index contributed by atoms with van der Waals surface area (Å²) < 4.78 is 0. The Hall–Kier alpha value is -1.06. The highest BCUT2D eigenvalue weighted by Crippen LogP contribution is 2.25. The van der Waals surface area contributed by atoms with Gasteiger partial charge in [-0.1, -0.05) is 11.6 Å². The molecular weight excluding hydrogens is 260 g/mol. The summed E-state index contributed by atoms with van der Waals surface area (Å²) in [5.74, 6) is 0.694. The number of likely N-dealkylation sites (tertiary alicyclic amines) is 1. The molecule has 1 aromatic rings. The summed E-state index contributed by atoms with van der Waals surface area (Å²) in [5, 5.41) is 0.677. The third-order valence-electron chi connectivity index (χ3n) is 3.90. The lowest BCUT2D eigenvalue weighted by Crippen LogP contribution is -2.36. The molecule has 1 heterocycles. The molecule has 0 amide bonds. The van der Waals surface area contributed by atoms with Gasteiger partial charge in [0.1, 0.15) is 0 Å². The molecule has 104 valence electrons. The number of hydrogen-bond donors (Lipinski definition) is 0. The van der Waals surface area contributed by atoms with E-state index in [0.717, 1.165) is 31.6 Å². The lowest BCUT2D eigenvalue weighted by molar-refractivity contribution is 0.112. The number of benzene rings is 1. The molecule has 1 saturated heterocycles. The van der Waals surface area contributed by atoms with Gasteiger partial charge in [0.05, 0.1) is 0 Å². The Morgan fingerprint density at radius 2 is 2.11 bits per heavy atom. The zero-order valence-electron chi connectivity index (χ0n) is 11.6. The van der Waals surface area contributed by atoms with E-state index in [4.69, 9.17) is 11.6 Å². The van der Waals surface area contributed by atoms with Gasteiger partial charge >= 0.3 is 0 Å². The van der Waals surface area contributed by atoms with Crippen molar-refractivity contribution >= 4 is 23.6 Å². The van der Waals surface area contributed by atoms with E-state index in [1.54, 1.807) is 12.1 Å². The third-order valence-corrected chi connectivity index (χ3v) is 4.14. The van der Waals surface area contributed by atoms with E-state index in [-0.39, 0.29) is 0 Å². The highest BCUT2D eigenvalue weighted by atomic mass is 35.5. The van der Waals surface area contributed by atoms with Crippen molar-refractivity contribution in [2.75, 3.05) is 38.6 Å². The number of carbonyl (C=O) groups excluding carboxylic acids is 1. The van der Waals surface area contributed by atoms with Crippen LogP contribution in [0.15, 0.2) is 18.2 Å². The van der Waals surface area contributed by atoms with Crippen molar-refractivity contribution in [1.29, 1.82) is 0 Å². The smallest absolute Gasteiger partial charge is 0.152 e. The van der Waals surface area contributed by atoms with Crippen molar-refractivity contribution in [3.8, 4) is 0 Å². The molecule has 3 nitrogen and oxygen atoms in total. The van der Waals surface area contributed by atoms with Crippen LogP contribution in [0, 0.1) is 5.92 Å². The van der Waals surface area contributed by atoms with Crippen molar-refractivity contribution < 1.29 is 4.79 Å². The molecule has 19 heavy (non-hydrogen) atoms. The Morgan fingerprint density at radius 3 is 2.74 bits per heavy atom. The fourth-order valence-corrected chi connectivity index (χ4v) is 2.84. The summed E-state index contributed by atoms with van der Waals surface area (Å²) in [5.41, 5.74) is 1.64. The van der Waals surface area contributed by atoms with Crippen LogP contribution in [0.5, 0.6) is 0 Å². The molecule has 0 aliphatic carbocycles. The largest absolute Gasteiger partial charge is 0.374 e. The maximum atomic E-state index is 11.1. The molecule has 0 N–H and O–H groups in total. The minimum absolute atomic E-state index is 0.677. The number of hydrogen-bond acceptors (Lipinski definition) is 3. The highest BCUT2D eigenvalue weighted by molar-refractivity contribution is 6.31. The van der Waals surface area contributed by atoms with Crippen LogP contribution in [0.4, 0.5) is 5.69 Å². The molecule has 1 fully saturated rings. The van der Waals surface area contributed by atoms with Crippen LogP contribution in [0.1, 0.15) is 23.2 Å². The Labute approximate surface area is 120 Å². The Morgan fingerprint density at radius 1 is 1.42 bits per heavy atom. The van der Waals surface area contributed by atoms with E-state index in [0.29, 0.717) is 16.5 Å². The molecule has 0 aromatic heterocycles. The average molecular weight is 281 g/mol. The number of anilines is 1. The van der Waals surface area contributed by atoms with Crippen molar-refractivity contribution in [2.24, 2.45) is 5.92 Å². The van der Waals surface area contributed by atoms with Gasteiger partial charge in [0.15, 0.2) is 6.29 Å². The van der Waals surface area contributed by atoms with Gasteiger partial charge in [-0.3, -0.25) is 4.79 Å². The van der Waals surface area contributed by atoms with Gasteiger partial charge in [-0.15, -0.1) is 0 Å². The van der Waals surface area contributed by atoms with Gasteiger partial charge in [-0.2, -0.15) is 0 Å². The Kier molecular flexibility index (Phi) is 4.83. The molecule has 0 unspecified atom stereocenters.